The van der Waals surface area contributed by atoms with Crippen molar-refractivity contribution in [3.8, 4) is 0 Å². The molecule has 0 spiro atoms. The molecule has 0 fully saturated rings. The zero-order valence-corrected chi connectivity index (χ0v) is 11.6. The van der Waals surface area contributed by atoms with Crippen molar-refractivity contribution in [1.82, 2.24) is 0 Å². The van der Waals surface area contributed by atoms with Gasteiger partial charge in [0, 0.05) is 11.3 Å². The van der Waals surface area contributed by atoms with Crippen molar-refractivity contribution in [3.63, 3.8) is 0 Å². The maximum atomic E-state index is 10.4. The molecule has 0 bridgehead atoms. The van der Waals surface area contributed by atoms with E-state index in [9.17, 15) is 4.79 Å². The Hall–Kier alpha value is -0.800. The summed E-state index contributed by atoms with van der Waals surface area (Å²) in [7, 11) is 0. The number of allylic oxidation sites excluding steroid dienone is 2. The zero-order valence-electron chi connectivity index (χ0n) is 10.1. The quantitative estimate of drug-likeness (QED) is 0.763. The van der Waals surface area contributed by atoms with Crippen LogP contribution in [0.3, 0.4) is 0 Å². The molecule has 1 aromatic rings. The number of hydrogen-bond acceptors (Lipinski definition) is 2. The number of thiophene rings is 1. The molecule has 1 heterocycles. The monoisotopic (exact) mass is 272 g/mol. The molecule has 94 valence electrons. The highest BCUT2D eigenvalue weighted by molar-refractivity contribution is 7.17. The summed E-state index contributed by atoms with van der Waals surface area (Å²) in [6.45, 7) is 4.27. The van der Waals surface area contributed by atoms with Gasteiger partial charge in [-0.3, -0.25) is 4.79 Å². The third-order valence-electron chi connectivity index (χ3n) is 2.44. The second-order valence-corrected chi connectivity index (χ2v) is 5.92. The minimum atomic E-state index is -0.733. The van der Waals surface area contributed by atoms with Crippen LogP contribution >= 0.6 is 22.9 Å². The predicted molar refractivity (Wildman–Crippen MR) is 73.6 cm³/mol. The van der Waals surface area contributed by atoms with Gasteiger partial charge in [0.15, 0.2) is 0 Å². The summed E-state index contributed by atoms with van der Waals surface area (Å²) in [5, 5.41) is 8.57. The summed E-state index contributed by atoms with van der Waals surface area (Å²) in [6.07, 6.45) is 3.85. The van der Waals surface area contributed by atoms with Crippen LogP contribution in [0.25, 0.3) is 5.57 Å². The van der Waals surface area contributed by atoms with Gasteiger partial charge in [0.05, 0.1) is 4.34 Å². The van der Waals surface area contributed by atoms with Crippen molar-refractivity contribution >= 4 is 34.5 Å². The Balaban J connectivity index is 2.66. The number of hydrogen-bond donors (Lipinski definition) is 1. The largest absolute Gasteiger partial charge is 0.481 e. The number of rotatable bonds is 6. The van der Waals surface area contributed by atoms with E-state index in [2.05, 4.69) is 19.9 Å². The lowest BCUT2D eigenvalue weighted by Crippen LogP contribution is -1.94. The molecule has 0 unspecified atom stereocenters. The van der Waals surface area contributed by atoms with Crippen LogP contribution in [0, 0.1) is 5.92 Å². The molecular formula is C13H17ClO2S. The Kier molecular flexibility index (Phi) is 5.72. The molecule has 0 aliphatic heterocycles. The highest BCUT2D eigenvalue weighted by atomic mass is 35.5. The molecule has 1 N–H and O–H groups in total. The number of carboxylic acid groups (broad SMARTS) is 1. The average molecular weight is 273 g/mol. The fraction of sp³-hybridized carbons (Fsp3) is 0.462. The zero-order chi connectivity index (χ0) is 12.8. The third kappa shape index (κ3) is 4.92. The molecule has 0 aliphatic carbocycles. The van der Waals surface area contributed by atoms with Gasteiger partial charge >= 0.3 is 5.97 Å². The van der Waals surface area contributed by atoms with Crippen LogP contribution < -0.4 is 0 Å². The number of aliphatic carboxylic acids is 1. The molecule has 0 aliphatic rings. The Labute approximate surface area is 111 Å². The van der Waals surface area contributed by atoms with Crippen molar-refractivity contribution in [1.29, 1.82) is 0 Å². The summed E-state index contributed by atoms with van der Waals surface area (Å²) in [4.78, 5) is 11.6. The second kappa shape index (κ2) is 6.82. The van der Waals surface area contributed by atoms with E-state index in [-0.39, 0.29) is 6.42 Å². The van der Waals surface area contributed by atoms with Gasteiger partial charge in [0.25, 0.3) is 0 Å². The molecule has 0 aromatic carbocycles. The van der Waals surface area contributed by atoms with Crippen molar-refractivity contribution in [2.24, 2.45) is 5.92 Å². The molecule has 1 rings (SSSR count). The fourth-order valence-corrected chi connectivity index (χ4v) is 2.83. The van der Waals surface area contributed by atoms with Crippen LogP contribution in [0.5, 0.6) is 0 Å². The average Bonchev–Trinajstić information content (AvgIpc) is 2.63. The van der Waals surface area contributed by atoms with Gasteiger partial charge in [-0.1, -0.05) is 31.5 Å². The molecule has 0 saturated heterocycles. The first-order chi connectivity index (χ1) is 8.00. The van der Waals surface area contributed by atoms with E-state index in [1.54, 1.807) is 11.3 Å². The SMILES string of the molecule is CC(C)/C(=C\CCCC(=O)O)c1ccc(Cl)s1. The van der Waals surface area contributed by atoms with E-state index in [4.69, 9.17) is 16.7 Å². The van der Waals surface area contributed by atoms with Gasteiger partial charge in [0.1, 0.15) is 0 Å². The highest BCUT2D eigenvalue weighted by Gasteiger charge is 2.08. The van der Waals surface area contributed by atoms with E-state index in [1.165, 1.54) is 10.5 Å². The Bertz CT molecular complexity index is 407. The summed E-state index contributed by atoms with van der Waals surface area (Å²) in [5.74, 6) is -0.307. The minimum Gasteiger partial charge on any atom is -0.481 e. The van der Waals surface area contributed by atoms with Crippen molar-refractivity contribution in [2.75, 3.05) is 0 Å². The second-order valence-electron chi connectivity index (χ2n) is 4.20. The summed E-state index contributed by atoms with van der Waals surface area (Å²) in [6, 6.07) is 3.92. The molecule has 0 amide bonds. The first kappa shape index (κ1) is 14.3. The minimum absolute atomic E-state index is 0.229. The molecule has 0 radical (unpaired) electrons. The molecule has 4 heteroatoms. The first-order valence-electron chi connectivity index (χ1n) is 5.68. The molecule has 0 saturated carbocycles. The van der Waals surface area contributed by atoms with E-state index >= 15 is 0 Å². The van der Waals surface area contributed by atoms with Crippen LogP contribution in [-0.2, 0) is 4.79 Å². The van der Waals surface area contributed by atoms with E-state index in [1.807, 2.05) is 12.1 Å². The molecular weight excluding hydrogens is 256 g/mol. The van der Waals surface area contributed by atoms with E-state index < -0.39 is 5.97 Å². The van der Waals surface area contributed by atoms with Crippen LogP contribution in [-0.4, -0.2) is 11.1 Å². The topological polar surface area (TPSA) is 37.3 Å². The van der Waals surface area contributed by atoms with Crippen molar-refractivity contribution in [3.05, 3.63) is 27.4 Å². The summed E-state index contributed by atoms with van der Waals surface area (Å²) in [5.41, 5.74) is 1.26. The maximum absolute atomic E-state index is 10.4. The van der Waals surface area contributed by atoms with E-state index in [0.717, 1.165) is 10.8 Å². The van der Waals surface area contributed by atoms with E-state index in [0.29, 0.717) is 12.3 Å². The number of halogens is 1. The van der Waals surface area contributed by atoms with Gasteiger partial charge in [-0.2, -0.15) is 0 Å². The number of unbranched alkanes of at least 4 members (excludes halogenated alkanes) is 1. The van der Waals surface area contributed by atoms with Crippen LogP contribution in [0.4, 0.5) is 0 Å². The Morgan fingerprint density at radius 3 is 2.71 bits per heavy atom. The lowest BCUT2D eigenvalue weighted by atomic mass is 10.00. The van der Waals surface area contributed by atoms with Crippen LogP contribution in [0.1, 0.15) is 38.0 Å². The van der Waals surface area contributed by atoms with Crippen LogP contribution in [0.2, 0.25) is 4.34 Å². The standard InChI is InChI=1S/C13H17ClO2S/c1-9(2)10(5-3-4-6-13(15)16)11-7-8-12(14)17-11/h5,7-9H,3-4,6H2,1-2H3,(H,15,16)/b10-5+. The fourth-order valence-electron chi connectivity index (χ4n) is 1.60. The van der Waals surface area contributed by atoms with Crippen molar-refractivity contribution in [2.45, 2.75) is 33.1 Å². The highest BCUT2D eigenvalue weighted by Crippen LogP contribution is 2.32. The molecule has 17 heavy (non-hydrogen) atoms. The van der Waals surface area contributed by atoms with Crippen LogP contribution in [0.15, 0.2) is 18.2 Å². The molecule has 1 aromatic heterocycles. The van der Waals surface area contributed by atoms with Crippen molar-refractivity contribution < 1.29 is 9.90 Å². The van der Waals surface area contributed by atoms with Gasteiger partial charge in [-0.05, 0) is 36.5 Å². The first-order valence-corrected chi connectivity index (χ1v) is 6.87. The third-order valence-corrected chi connectivity index (χ3v) is 3.72. The maximum Gasteiger partial charge on any atom is 0.303 e. The van der Waals surface area contributed by atoms with Gasteiger partial charge in [-0.25, -0.2) is 0 Å². The van der Waals surface area contributed by atoms with Gasteiger partial charge in [0.2, 0.25) is 0 Å². The smallest absolute Gasteiger partial charge is 0.303 e. The lowest BCUT2D eigenvalue weighted by Gasteiger charge is -2.09. The predicted octanol–water partition coefficient (Wildman–Crippen LogP) is 4.70. The molecule has 2 nitrogen and oxygen atoms in total. The Morgan fingerprint density at radius 2 is 2.24 bits per heavy atom. The molecule has 0 atom stereocenters. The lowest BCUT2D eigenvalue weighted by molar-refractivity contribution is -0.137. The van der Waals surface area contributed by atoms with Gasteiger partial charge < -0.3 is 5.11 Å². The number of carboxylic acids is 1. The number of carbonyl (C=O) groups is 1. The normalized spacial score (nSPS) is 12.1. The van der Waals surface area contributed by atoms with Gasteiger partial charge in [-0.15, -0.1) is 11.3 Å². The summed E-state index contributed by atoms with van der Waals surface area (Å²) < 4.78 is 0.789. The Morgan fingerprint density at radius 1 is 1.53 bits per heavy atom. The summed E-state index contributed by atoms with van der Waals surface area (Å²) >= 11 is 7.49.